The Labute approximate surface area is 107 Å². The Kier molecular flexibility index (Phi) is 4.93. The molecule has 0 aliphatic carbocycles. The molecule has 1 fully saturated rings. The lowest BCUT2D eigenvalue weighted by molar-refractivity contribution is 0.1000. The number of amides is 1. The predicted molar refractivity (Wildman–Crippen MR) is 70.1 cm³/mol. The Hall–Kier alpha value is -1.10. The monoisotopic (exact) mass is 255 g/mol. The summed E-state index contributed by atoms with van der Waals surface area (Å²) in [5, 5.41) is 0. The van der Waals surface area contributed by atoms with E-state index in [1.54, 1.807) is 6.07 Å². The zero-order valence-electron chi connectivity index (χ0n) is 9.63. The minimum absolute atomic E-state index is 0. The van der Waals surface area contributed by atoms with E-state index in [4.69, 9.17) is 11.5 Å². The Bertz CT molecular complexity index is 397. The van der Waals surface area contributed by atoms with E-state index in [0.29, 0.717) is 11.6 Å². The van der Waals surface area contributed by atoms with Crippen molar-refractivity contribution in [3.05, 3.63) is 35.4 Å². The van der Waals surface area contributed by atoms with Crippen molar-refractivity contribution in [3.8, 4) is 0 Å². The summed E-state index contributed by atoms with van der Waals surface area (Å²) in [6, 6.07) is 7.76. The fraction of sp³-hybridized carbons (Fsp3) is 0.417. The van der Waals surface area contributed by atoms with Crippen LogP contribution in [-0.2, 0) is 6.54 Å². The summed E-state index contributed by atoms with van der Waals surface area (Å²) >= 11 is 0. The summed E-state index contributed by atoms with van der Waals surface area (Å²) in [5.41, 5.74) is 12.8. The molecule has 0 spiro atoms. The van der Waals surface area contributed by atoms with E-state index >= 15 is 0 Å². The van der Waals surface area contributed by atoms with Gasteiger partial charge in [-0.15, -0.1) is 12.4 Å². The molecule has 1 aromatic carbocycles. The Morgan fingerprint density at radius 3 is 2.82 bits per heavy atom. The van der Waals surface area contributed by atoms with Crippen molar-refractivity contribution in [1.29, 1.82) is 0 Å². The third-order valence-corrected chi connectivity index (χ3v) is 2.93. The number of benzene rings is 1. The number of likely N-dealkylation sites (tertiary alicyclic amines) is 1. The fourth-order valence-electron chi connectivity index (χ4n) is 2.09. The zero-order chi connectivity index (χ0) is 11.5. The molecule has 1 heterocycles. The van der Waals surface area contributed by atoms with E-state index in [1.165, 1.54) is 0 Å². The normalized spacial score (nSPS) is 19.9. The van der Waals surface area contributed by atoms with Crippen molar-refractivity contribution < 1.29 is 4.79 Å². The van der Waals surface area contributed by atoms with Gasteiger partial charge in [-0.25, -0.2) is 0 Å². The van der Waals surface area contributed by atoms with Gasteiger partial charge < -0.3 is 11.5 Å². The van der Waals surface area contributed by atoms with Crippen molar-refractivity contribution in [2.45, 2.75) is 19.0 Å². The average molecular weight is 256 g/mol. The van der Waals surface area contributed by atoms with Crippen molar-refractivity contribution in [2.24, 2.45) is 11.5 Å². The molecule has 0 saturated carbocycles. The number of rotatable bonds is 3. The minimum atomic E-state index is -0.375. The number of nitrogens with two attached hydrogens (primary N) is 2. The molecule has 1 amide bonds. The topological polar surface area (TPSA) is 72.4 Å². The standard InChI is InChI=1S/C12H17N3O.ClH/c13-11-4-5-15(8-11)7-9-2-1-3-10(6-9)12(14)16;/h1-3,6,11H,4-5,7-8,13H2,(H2,14,16);1H/t11-;/m1./s1. The van der Waals surface area contributed by atoms with Gasteiger partial charge in [-0.3, -0.25) is 9.69 Å². The number of carbonyl (C=O) groups is 1. The highest BCUT2D eigenvalue weighted by atomic mass is 35.5. The van der Waals surface area contributed by atoms with Crippen LogP contribution in [0.25, 0.3) is 0 Å². The third kappa shape index (κ3) is 3.70. The van der Waals surface area contributed by atoms with Crippen molar-refractivity contribution >= 4 is 18.3 Å². The summed E-state index contributed by atoms with van der Waals surface area (Å²) in [7, 11) is 0. The van der Waals surface area contributed by atoms with Crippen LogP contribution in [0.15, 0.2) is 24.3 Å². The number of halogens is 1. The molecule has 1 atom stereocenters. The number of hydrogen-bond donors (Lipinski definition) is 2. The molecule has 5 heteroatoms. The largest absolute Gasteiger partial charge is 0.366 e. The molecule has 94 valence electrons. The second kappa shape index (κ2) is 6.00. The van der Waals surface area contributed by atoms with E-state index in [1.807, 2.05) is 18.2 Å². The molecule has 0 aromatic heterocycles. The van der Waals surface area contributed by atoms with Crippen LogP contribution in [-0.4, -0.2) is 29.9 Å². The van der Waals surface area contributed by atoms with Crippen LogP contribution in [0.1, 0.15) is 22.3 Å². The first kappa shape index (κ1) is 14.0. The van der Waals surface area contributed by atoms with Gasteiger partial charge in [-0.05, 0) is 24.1 Å². The molecular weight excluding hydrogens is 238 g/mol. The van der Waals surface area contributed by atoms with Gasteiger partial charge in [0.05, 0.1) is 0 Å². The molecule has 1 aliphatic rings. The molecule has 1 saturated heterocycles. The van der Waals surface area contributed by atoms with Crippen LogP contribution in [0.4, 0.5) is 0 Å². The first-order valence-corrected chi connectivity index (χ1v) is 5.52. The summed E-state index contributed by atoms with van der Waals surface area (Å²) in [6.45, 7) is 2.80. The maximum Gasteiger partial charge on any atom is 0.248 e. The lowest BCUT2D eigenvalue weighted by Gasteiger charge is -2.15. The van der Waals surface area contributed by atoms with Gasteiger partial charge in [0.2, 0.25) is 5.91 Å². The Morgan fingerprint density at radius 1 is 1.47 bits per heavy atom. The number of carbonyl (C=O) groups excluding carboxylic acids is 1. The van der Waals surface area contributed by atoms with Crippen LogP contribution in [0.3, 0.4) is 0 Å². The third-order valence-electron chi connectivity index (χ3n) is 2.93. The Morgan fingerprint density at radius 2 is 2.24 bits per heavy atom. The van der Waals surface area contributed by atoms with E-state index in [9.17, 15) is 4.79 Å². The minimum Gasteiger partial charge on any atom is -0.366 e. The van der Waals surface area contributed by atoms with Crippen LogP contribution < -0.4 is 11.5 Å². The smallest absolute Gasteiger partial charge is 0.248 e. The van der Waals surface area contributed by atoms with Gasteiger partial charge in [-0.2, -0.15) is 0 Å². The SMILES string of the molecule is Cl.NC(=O)c1cccc(CN2CC[C@@H](N)C2)c1. The molecule has 2 rings (SSSR count). The summed E-state index contributed by atoms with van der Waals surface area (Å²) in [5.74, 6) is -0.375. The van der Waals surface area contributed by atoms with Crippen LogP contribution in [0.2, 0.25) is 0 Å². The van der Waals surface area contributed by atoms with Gasteiger partial charge in [0.15, 0.2) is 0 Å². The molecule has 0 radical (unpaired) electrons. The van der Waals surface area contributed by atoms with Crippen molar-refractivity contribution in [2.75, 3.05) is 13.1 Å². The van der Waals surface area contributed by atoms with Gasteiger partial charge in [-0.1, -0.05) is 12.1 Å². The van der Waals surface area contributed by atoms with Crippen molar-refractivity contribution in [1.82, 2.24) is 4.90 Å². The number of hydrogen-bond acceptors (Lipinski definition) is 3. The highest BCUT2D eigenvalue weighted by Gasteiger charge is 2.18. The first-order chi connectivity index (χ1) is 7.65. The van der Waals surface area contributed by atoms with Gasteiger partial charge >= 0.3 is 0 Å². The van der Waals surface area contributed by atoms with E-state index in [-0.39, 0.29) is 18.3 Å². The summed E-state index contributed by atoms with van der Waals surface area (Å²) < 4.78 is 0. The van der Waals surface area contributed by atoms with Gasteiger partial charge in [0.1, 0.15) is 0 Å². The van der Waals surface area contributed by atoms with E-state index < -0.39 is 0 Å². The van der Waals surface area contributed by atoms with Crippen LogP contribution >= 0.6 is 12.4 Å². The predicted octanol–water partition coefficient (Wildman–Crippen LogP) is 0.740. The maximum atomic E-state index is 11.0. The fourth-order valence-corrected chi connectivity index (χ4v) is 2.09. The molecule has 4 nitrogen and oxygen atoms in total. The van der Waals surface area contributed by atoms with E-state index in [2.05, 4.69) is 4.90 Å². The maximum absolute atomic E-state index is 11.0. The lowest BCUT2D eigenvalue weighted by atomic mass is 10.1. The summed E-state index contributed by atoms with van der Waals surface area (Å²) in [4.78, 5) is 13.3. The second-order valence-electron chi connectivity index (χ2n) is 4.35. The quantitative estimate of drug-likeness (QED) is 0.837. The highest BCUT2D eigenvalue weighted by Crippen LogP contribution is 2.13. The second-order valence-corrected chi connectivity index (χ2v) is 4.35. The summed E-state index contributed by atoms with van der Waals surface area (Å²) in [6.07, 6.45) is 1.05. The lowest BCUT2D eigenvalue weighted by Crippen LogP contribution is -2.26. The van der Waals surface area contributed by atoms with Gasteiger partial charge in [0, 0.05) is 31.2 Å². The zero-order valence-corrected chi connectivity index (χ0v) is 10.5. The molecule has 0 bridgehead atoms. The van der Waals surface area contributed by atoms with Crippen LogP contribution in [0.5, 0.6) is 0 Å². The highest BCUT2D eigenvalue weighted by molar-refractivity contribution is 5.92. The number of nitrogens with zero attached hydrogens (tertiary/aromatic N) is 1. The molecule has 1 aliphatic heterocycles. The molecular formula is C12H18ClN3O. The average Bonchev–Trinajstić information content (AvgIpc) is 2.64. The van der Waals surface area contributed by atoms with Gasteiger partial charge in [0.25, 0.3) is 0 Å². The van der Waals surface area contributed by atoms with Crippen molar-refractivity contribution in [3.63, 3.8) is 0 Å². The Balaban J connectivity index is 0.00000144. The molecule has 17 heavy (non-hydrogen) atoms. The number of primary amides is 1. The molecule has 1 aromatic rings. The molecule has 4 N–H and O–H groups in total. The van der Waals surface area contributed by atoms with E-state index in [0.717, 1.165) is 31.6 Å². The molecule has 0 unspecified atom stereocenters. The first-order valence-electron chi connectivity index (χ1n) is 5.52. The van der Waals surface area contributed by atoms with Crippen LogP contribution in [0, 0.1) is 0 Å².